The number of halogens is 2. The van der Waals surface area contributed by atoms with Crippen LogP contribution in [0.1, 0.15) is 11.4 Å². The van der Waals surface area contributed by atoms with E-state index >= 15 is 0 Å². The molecule has 0 bridgehead atoms. The SMILES string of the molecule is Cc1nc2ccc(CSc3cc(F)ccc3F)cc2[nH]1. The van der Waals surface area contributed by atoms with Crippen LogP contribution in [0, 0.1) is 18.6 Å². The zero-order valence-corrected chi connectivity index (χ0v) is 11.6. The summed E-state index contributed by atoms with van der Waals surface area (Å²) in [5.41, 5.74) is 2.91. The van der Waals surface area contributed by atoms with Crippen molar-refractivity contribution in [2.45, 2.75) is 17.6 Å². The van der Waals surface area contributed by atoms with Crippen molar-refractivity contribution in [3.63, 3.8) is 0 Å². The Morgan fingerprint density at radius 3 is 2.85 bits per heavy atom. The van der Waals surface area contributed by atoms with E-state index in [4.69, 9.17) is 0 Å². The number of thioether (sulfide) groups is 1. The van der Waals surface area contributed by atoms with Crippen LogP contribution in [0.4, 0.5) is 8.78 Å². The molecule has 0 radical (unpaired) electrons. The molecule has 0 aliphatic carbocycles. The normalized spacial score (nSPS) is 11.2. The Morgan fingerprint density at radius 2 is 2.00 bits per heavy atom. The summed E-state index contributed by atoms with van der Waals surface area (Å²) in [7, 11) is 0. The smallest absolute Gasteiger partial charge is 0.136 e. The van der Waals surface area contributed by atoms with Crippen LogP contribution in [0.5, 0.6) is 0 Å². The number of aromatic amines is 1. The Bertz CT molecular complexity index is 768. The highest BCUT2D eigenvalue weighted by Gasteiger charge is 2.06. The Labute approximate surface area is 119 Å². The van der Waals surface area contributed by atoms with E-state index in [9.17, 15) is 8.78 Å². The van der Waals surface area contributed by atoms with Gasteiger partial charge in [0.05, 0.1) is 11.0 Å². The van der Waals surface area contributed by atoms with E-state index in [1.165, 1.54) is 17.8 Å². The van der Waals surface area contributed by atoms with Crippen LogP contribution in [0.25, 0.3) is 11.0 Å². The highest BCUT2D eigenvalue weighted by Crippen LogP contribution is 2.27. The van der Waals surface area contributed by atoms with Gasteiger partial charge in [-0.1, -0.05) is 6.07 Å². The number of fused-ring (bicyclic) bond motifs is 1. The fourth-order valence-electron chi connectivity index (χ4n) is 2.02. The number of nitrogens with one attached hydrogen (secondary N) is 1. The molecule has 0 saturated carbocycles. The van der Waals surface area contributed by atoms with Crippen LogP contribution >= 0.6 is 11.8 Å². The number of aryl methyl sites for hydroxylation is 1. The van der Waals surface area contributed by atoms with Gasteiger partial charge in [0.15, 0.2) is 0 Å². The fraction of sp³-hybridized carbons (Fsp3) is 0.133. The topological polar surface area (TPSA) is 28.7 Å². The molecule has 20 heavy (non-hydrogen) atoms. The first-order valence-electron chi connectivity index (χ1n) is 6.15. The molecule has 1 N–H and O–H groups in total. The van der Waals surface area contributed by atoms with Gasteiger partial charge in [0.2, 0.25) is 0 Å². The molecule has 5 heteroatoms. The minimum absolute atomic E-state index is 0.325. The molecule has 0 spiro atoms. The zero-order valence-electron chi connectivity index (χ0n) is 10.8. The van der Waals surface area contributed by atoms with Gasteiger partial charge in [-0.15, -0.1) is 11.8 Å². The summed E-state index contributed by atoms with van der Waals surface area (Å²) in [5.74, 6) is 0.623. The molecule has 0 saturated heterocycles. The van der Waals surface area contributed by atoms with Gasteiger partial charge in [-0.2, -0.15) is 0 Å². The molecule has 3 rings (SSSR count). The van der Waals surface area contributed by atoms with Crippen molar-refractivity contribution in [1.29, 1.82) is 0 Å². The van der Waals surface area contributed by atoms with E-state index in [1.54, 1.807) is 0 Å². The number of rotatable bonds is 3. The monoisotopic (exact) mass is 290 g/mol. The number of imidazole rings is 1. The van der Waals surface area contributed by atoms with E-state index < -0.39 is 11.6 Å². The average Bonchev–Trinajstić information content (AvgIpc) is 2.79. The standard InChI is InChI=1S/C15H12F2N2S/c1-9-18-13-5-2-10(6-14(13)19-9)8-20-15-7-11(16)3-4-12(15)17/h2-7H,8H2,1H3,(H,18,19). The molecule has 2 aromatic carbocycles. The first-order chi connectivity index (χ1) is 9.61. The van der Waals surface area contributed by atoms with Gasteiger partial charge >= 0.3 is 0 Å². The van der Waals surface area contributed by atoms with Crippen molar-refractivity contribution in [2.24, 2.45) is 0 Å². The summed E-state index contributed by atoms with van der Waals surface area (Å²) < 4.78 is 26.6. The molecule has 0 aliphatic heterocycles. The van der Waals surface area contributed by atoms with Crippen LogP contribution in [0.2, 0.25) is 0 Å². The number of benzene rings is 2. The lowest BCUT2D eigenvalue weighted by Gasteiger charge is -2.04. The number of H-pyrrole nitrogens is 1. The Morgan fingerprint density at radius 1 is 1.15 bits per heavy atom. The highest BCUT2D eigenvalue weighted by atomic mass is 32.2. The Kier molecular flexibility index (Phi) is 3.44. The van der Waals surface area contributed by atoms with Gasteiger partial charge in [-0.25, -0.2) is 13.8 Å². The van der Waals surface area contributed by atoms with Crippen LogP contribution in [-0.4, -0.2) is 9.97 Å². The van der Waals surface area contributed by atoms with Crippen molar-refractivity contribution < 1.29 is 8.78 Å². The maximum Gasteiger partial charge on any atom is 0.136 e. The van der Waals surface area contributed by atoms with E-state index in [0.717, 1.165) is 34.6 Å². The molecule has 102 valence electrons. The lowest BCUT2D eigenvalue weighted by molar-refractivity contribution is 0.577. The van der Waals surface area contributed by atoms with E-state index in [-0.39, 0.29) is 0 Å². The average molecular weight is 290 g/mol. The zero-order chi connectivity index (χ0) is 14.1. The third-order valence-electron chi connectivity index (χ3n) is 2.95. The molecule has 0 fully saturated rings. The third-order valence-corrected chi connectivity index (χ3v) is 4.05. The van der Waals surface area contributed by atoms with Crippen LogP contribution < -0.4 is 0 Å². The van der Waals surface area contributed by atoms with Gasteiger partial charge in [0, 0.05) is 10.6 Å². The Hall–Kier alpha value is -1.88. The summed E-state index contributed by atoms with van der Waals surface area (Å²) in [6, 6.07) is 9.36. The molecule has 0 aliphatic rings. The van der Waals surface area contributed by atoms with Crippen molar-refractivity contribution in [2.75, 3.05) is 0 Å². The van der Waals surface area contributed by atoms with Gasteiger partial charge in [0.1, 0.15) is 17.5 Å². The second-order valence-electron chi connectivity index (χ2n) is 4.54. The number of nitrogens with zero attached hydrogens (tertiary/aromatic N) is 1. The van der Waals surface area contributed by atoms with Gasteiger partial charge in [-0.3, -0.25) is 0 Å². The second kappa shape index (κ2) is 5.25. The van der Waals surface area contributed by atoms with Crippen molar-refractivity contribution in [1.82, 2.24) is 9.97 Å². The van der Waals surface area contributed by atoms with Crippen molar-refractivity contribution in [3.05, 3.63) is 59.4 Å². The van der Waals surface area contributed by atoms with Crippen LogP contribution in [0.15, 0.2) is 41.3 Å². The molecular formula is C15H12F2N2S. The predicted molar refractivity (Wildman–Crippen MR) is 76.7 cm³/mol. The number of aromatic nitrogens is 2. The summed E-state index contributed by atoms with van der Waals surface area (Å²) in [6.07, 6.45) is 0. The van der Waals surface area contributed by atoms with Crippen LogP contribution in [-0.2, 0) is 5.75 Å². The minimum atomic E-state index is -0.423. The Balaban J connectivity index is 1.80. The number of hydrogen-bond acceptors (Lipinski definition) is 2. The van der Waals surface area contributed by atoms with E-state index in [2.05, 4.69) is 9.97 Å². The molecule has 1 aromatic heterocycles. The second-order valence-corrected chi connectivity index (χ2v) is 5.55. The molecular weight excluding hydrogens is 278 g/mol. The van der Waals surface area contributed by atoms with Crippen molar-refractivity contribution in [3.8, 4) is 0 Å². The maximum absolute atomic E-state index is 13.5. The fourth-order valence-corrected chi connectivity index (χ4v) is 2.93. The minimum Gasteiger partial charge on any atom is -0.342 e. The van der Waals surface area contributed by atoms with E-state index in [0.29, 0.717) is 10.6 Å². The largest absolute Gasteiger partial charge is 0.342 e. The van der Waals surface area contributed by atoms with E-state index in [1.807, 2.05) is 25.1 Å². The molecule has 1 heterocycles. The van der Waals surface area contributed by atoms with Gasteiger partial charge in [0.25, 0.3) is 0 Å². The number of hydrogen-bond donors (Lipinski definition) is 1. The van der Waals surface area contributed by atoms with Crippen LogP contribution in [0.3, 0.4) is 0 Å². The molecule has 0 atom stereocenters. The predicted octanol–water partition coefficient (Wildman–Crippen LogP) is 4.44. The summed E-state index contributed by atoms with van der Waals surface area (Å²) in [4.78, 5) is 7.81. The van der Waals surface area contributed by atoms with Gasteiger partial charge < -0.3 is 4.98 Å². The van der Waals surface area contributed by atoms with Gasteiger partial charge in [-0.05, 0) is 42.8 Å². The quantitative estimate of drug-likeness (QED) is 0.722. The molecule has 2 nitrogen and oxygen atoms in total. The summed E-state index contributed by atoms with van der Waals surface area (Å²) in [6.45, 7) is 1.90. The molecule has 0 unspecified atom stereocenters. The van der Waals surface area contributed by atoms with Crippen molar-refractivity contribution >= 4 is 22.8 Å². The summed E-state index contributed by atoms with van der Waals surface area (Å²) >= 11 is 1.28. The first-order valence-corrected chi connectivity index (χ1v) is 7.13. The summed E-state index contributed by atoms with van der Waals surface area (Å²) in [5, 5.41) is 0. The molecule has 0 amide bonds. The molecule has 3 aromatic rings. The maximum atomic E-state index is 13.5. The first kappa shape index (κ1) is 13.1. The third kappa shape index (κ3) is 2.67. The lowest BCUT2D eigenvalue weighted by Crippen LogP contribution is -1.86. The lowest BCUT2D eigenvalue weighted by atomic mass is 10.2. The highest BCUT2D eigenvalue weighted by molar-refractivity contribution is 7.98.